The zero-order chi connectivity index (χ0) is 23.5. The van der Waals surface area contributed by atoms with Gasteiger partial charge in [0.15, 0.2) is 5.11 Å². The Morgan fingerprint density at radius 3 is 2.67 bits per heavy atom. The van der Waals surface area contributed by atoms with Crippen LogP contribution in [0.5, 0.6) is 5.75 Å². The van der Waals surface area contributed by atoms with E-state index in [2.05, 4.69) is 34.2 Å². The number of nitrogens with zero attached hydrogens (tertiary/aromatic N) is 3. The van der Waals surface area contributed by atoms with Gasteiger partial charge in [-0.1, -0.05) is 31.1 Å². The van der Waals surface area contributed by atoms with Gasteiger partial charge in [-0.25, -0.2) is 4.39 Å². The Balaban J connectivity index is 1.79. The number of thiocarbonyl (C=S) groups is 1. The molecule has 172 valence electrons. The van der Waals surface area contributed by atoms with Crippen molar-refractivity contribution in [2.75, 3.05) is 13.7 Å². The molecule has 0 amide bonds. The van der Waals surface area contributed by atoms with Gasteiger partial charge in [-0.3, -0.25) is 0 Å². The largest absolute Gasteiger partial charge is 0.497 e. The number of benzene rings is 2. The maximum Gasteiger partial charge on any atom is 0.258 e. The van der Waals surface area contributed by atoms with Crippen molar-refractivity contribution in [1.82, 2.24) is 20.4 Å². The summed E-state index contributed by atoms with van der Waals surface area (Å²) in [5.74, 6) is 1.76. The van der Waals surface area contributed by atoms with Gasteiger partial charge in [0.2, 0.25) is 5.82 Å². The minimum absolute atomic E-state index is 0.288. The first kappa shape index (κ1) is 22.9. The van der Waals surface area contributed by atoms with Crippen LogP contribution in [0.2, 0.25) is 0 Å². The molecule has 0 spiro atoms. The van der Waals surface area contributed by atoms with Crippen LogP contribution in [-0.4, -0.2) is 33.8 Å². The molecule has 33 heavy (non-hydrogen) atoms. The van der Waals surface area contributed by atoms with E-state index >= 15 is 0 Å². The lowest BCUT2D eigenvalue weighted by Gasteiger charge is -2.37. The fourth-order valence-electron chi connectivity index (χ4n) is 3.84. The van der Waals surface area contributed by atoms with Crippen LogP contribution in [0.3, 0.4) is 0 Å². The molecule has 0 aliphatic carbocycles. The van der Waals surface area contributed by atoms with Crippen molar-refractivity contribution in [2.45, 2.75) is 33.2 Å². The molecule has 8 heteroatoms. The monoisotopic (exact) mass is 466 g/mol. The molecule has 1 aliphatic heterocycles. The van der Waals surface area contributed by atoms with Crippen molar-refractivity contribution < 1.29 is 13.7 Å². The molecule has 2 aromatic carbocycles. The third-order valence-corrected chi connectivity index (χ3v) is 6.05. The van der Waals surface area contributed by atoms with Gasteiger partial charge in [0.05, 0.1) is 18.7 Å². The Hall–Kier alpha value is -3.26. The lowest BCUT2D eigenvalue weighted by molar-refractivity contribution is 0.390. The summed E-state index contributed by atoms with van der Waals surface area (Å²) in [5.41, 5.74) is 3.46. The van der Waals surface area contributed by atoms with E-state index < -0.39 is 0 Å². The highest BCUT2D eigenvalue weighted by Gasteiger charge is 2.34. The van der Waals surface area contributed by atoms with Gasteiger partial charge in [0, 0.05) is 17.8 Å². The van der Waals surface area contributed by atoms with E-state index in [0.717, 1.165) is 35.5 Å². The van der Waals surface area contributed by atoms with Crippen LogP contribution in [0.15, 0.2) is 58.8 Å². The number of rotatable bonds is 7. The second-order valence-corrected chi connectivity index (χ2v) is 8.81. The second-order valence-electron chi connectivity index (χ2n) is 8.42. The van der Waals surface area contributed by atoms with Gasteiger partial charge in [-0.05, 0) is 73.4 Å². The molecular formula is C25H27FN4O2S. The maximum absolute atomic E-state index is 13.4. The van der Waals surface area contributed by atoms with Crippen LogP contribution in [0, 0.1) is 11.7 Å². The highest BCUT2D eigenvalue weighted by molar-refractivity contribution is 7.80. The van der Waals surface area contributed by atoms with Crippen LogP contribution >= 0.6 is 12.2 Å². The van der Waals surface area contributed by atoms with E-state index in [4.69, 9.17) is 21.5 Å². The van der Waals surface area contributed by atoms with Gasteiger partial charge in [-0.2, -0.15) is 4.98 Å². The molecule has 0 saturated carbocycles. The molecule has 0 fully saturated rings. The van der Waals surface area contributed by atoms with E-state index in [1.807, 2.05) is 31.2 Å². The van der Waals surface area contributed by atoms with Crippen LogP contribution in [0.1, 0.15) is 44.7 Å². The minimum atomic E-state index is -0.315. The normalized spacial score (nSPS) is 16.4. The molecule has 1 aliphatic rings. The summed E-state index contributed by atoms with van der Waals surface area (Å²) in [6.07, 6.45) is 0.987. The molecule has 6 nitrogen and oxygen atoms in total. The van der Waals surface area contributed by atoms with Crippen LogP contribution in [-0.2, 0) is 0 Å². The zero-order valence-corrected chi connectivity index (χ0v) is 19.9. The molecular weight excluding hydrogens is 439 g/mol. The summed E-state index contributed by atoms with van der Waals surface area (Å²) in [4.78, 5) is 6.74. The first-order valence-electron chi connectivity index (χ1n) is 10.9. The molecule has 4 rings (SSSR count). The number of methoxy groups -OCH3 is 1. The second kappa shape index (κ2) is 9.70. The number of hydrogen-bond acceptors (Lipinski definition) is 5. The van der Waals surface area contributed by atoms with Gasteiger partial charge in [0.1, 0.15) is 11.6 Å². The molecule has 0 bridgehead atoms. The maximum atomic E-state index is 13.4. The number of halogens is 1. The number of ether oxygens (including phenoxy) is 1. The topological polar surface area (TPSA) is 63.4 Å². The lowest BCUT2D eigenvalue weighted by Crippen LogP contribution is -2.46. The van der Waals surface area contributed by atoms with Gasteiger partial charge < -0.3 is 19.5 Å². The van der Waals surface area contributed by atoms with Gasteiger partial charge in [-0.15, -0.1) is 0 Å². The predicted octanol–water partition coefficient (Wildman–Crippen LogP) is 5.59. The molecule has 0 radical (unpaired) electrons. The Morgan fingerprint density at radius 1 is 1.21 bits per heavy atom. The molecule has 1 unspecified atom stereocenters. The van der Waals surface area contributed by atoms with E-state index in [-0.39, 0.29) is 11.9 Å². The Bertz CT molecular complexity index is 1170. The average molecular weight is 467 g/mol. The van der Waals surface area contributed by atoms with Crippen LogP contribution < -0.4 is 10.1 Å². The standard InChI is InChI=1S/C25H27FN4O2S/c1-15(2)12-13-30-16(3)21(22(27-25(30)33)18-6-5-7-20(14-18)31-4)24-28-23(29-32-24)17-8-10-19(26)11-9-17/h5-11,14-15,22H,12-13H2,1-4H3,(H,27,33). The Labute approximate surface area is 198 Å². The number of allylic oxidation sites excluding steroid dienone is 1. The SMILES string of the molecule is COc1cccc(C2NC(=S)N(CCC(C)C)C(C)=C2c2nc(-c3ccc(F)cc3)no2)c1. The first-order chi connectivity index (χ1) is 15.9. The quantitative estimate of drug-likeness (QED) is 0.455. The molecule has 2 heterocycles. The zero-order valence-electron chi connectivity index (χ0n) is 19.1. The van der Waals surface area contributed by atoms with Crippen molar-refractivity contribution in [1.29, 1.82) is 0 Å². The smallest absolute Gasteiger partial charge is 0.258 e. The van der Waals surface area contributed by atoms with Crippen molar-refractivity contribution in [3.63, 3.8) is 0 Å². The highest BCUT2D eigenvalue weighted by Crippen LogP contribution is 2.38. The van der Waals surface area contributed by atoms with Crippen LogP contribution in [0.25, 0.3) is 17.0 Å². The number of hydrogen-bond donors (Lipinski definition) is 1. The summed E-state index contributed by atoms with van der Waals surface area (Å²) in [6.45, 7) is 7.18. The molecule has 1 aromatic heterocycles. The fraction of sp³-hybridized carbons (Fsp3) is 0.320. The van der Waals surface area contributed by atoms with E-state index in [0.29, 0.717) is 28.3 Å². The third-order valence-electron chi connectivity index (χ3n) is 5.71. The lowest BCUT2D eigenvalue weighted by atomic mass is 9.94. The Kier molecular flexibility index (Phi) is 6.74. The molecule has 3 aromatic rings. The van der Waals surface area contributed by atoms with Crippen LogP contribution in [0.4, 0.5) is 4.39 Å². The van der Waals surface area contributed by atoms with Crippen molar-refractivity contribution in [3.8, 4) is 17.1 Å². The van der Waals surface area contributed by atoms with Crippen molar-refractivity contribution in [3.05, 3.63) is 71.5 Å². The molecule has 1 N–H and O–H groups in total. The predicted molar refractivity (Wildman–Crippen MR) is 130 cm³/mol. The third kappa shape index (κ3) is 4.90. The summed E-state index contributed by atoms with van der Waals surface area (Å²) < 4.78 is 24.5. The van der Waals surface area contributed by atoms with E-state index in [1.54, 1.807) is 19.2 Å². The summed E-state index contributed by atoms with van der Waals surface area (Å²) in [7, 11) is 1.64. The fourth-order valence-corrected chi connectivity index (χ4v) is 4.18. The first-order valence-corrected chi connectivity index (χ1v) is 11.3. The minimum Gasteiger partial charge on any atom is -0.497 e. The Morgan fingerprint density at radius 2 is 1.97 bits per heavy atom. The average Bonchev–Trinajstić information content (AvgIpc) is 3.28. The van der Waals surface area contributed by atoms with Gasteiger partial charge in [0.25, 0.3) is 5.89 Å². The van der Waals surface area contributed by atoms with Gasteiger partial charge >= 0.3 is 0 Å². The molecule has 0 saturated heterocycles. The van der Waals surface area contributed by atoms with Crippen molar-refractivity contribution in [2.24, 2.45) is 5.92 Å². The summed E-state index contributed by atoms with van der Waals surface area (Å²) in [6, 6.07) is 13.5. The number of nitrogens with one attached hydrogen (secondary N) is 1. The molecule has 1 atom stereocenters. The number of aromatic nitrogens is 2. The van der Waals surface area contributed by atoms with E-state index in [9.17, 15) is 4.39 Å². The highest BCUT2D eigenvalue weighted by atomic mass is 32.1. The van der Waals surface area contributed by atoms with Crippen molar-refractivity contribution >= 4 is 22.9 Å². The summed E-state index contributed by atoms with van der Waals surface area (Å²) in [5, 5.41) is 8.27. The van der Waals surface area contributed by atoms with E-state index in [1.165, 1.54) is 12.1 Å². The summed E-state index contributed by atoms with van der Waals surface area (Å²) >= 11 is 5.74.